The van der Waals surface area contributed by atoms with Gasteiger partial charge in [0.05, 0.1) is 7.05 Å². The molecule has 0 aliphatic heterocycles. The van der Waals surface area contributed by atoms with Crippen LogP contribution in [-0.2, 0) is 7.05 Å². The molecule has 3 nitrogen and oxygen atoms in total. The molecule has 0 aliphatic rings. The van der Waals surface area contributed by atoms with Crippen LogP contribution in [-0.4, -0.2) is 16.6 Å². The van der Waals surface area contributed by atoms with Crippen LogP contribution >= 0.6 is 11.8 Å². The molecule has 0 amide bonds. The van der Waals surface area contributed by atoms with Crippen LogP contribution in [0.15, 0.2) is 53.7 Å². The van der Waals surface area contributed by atoms with E-state index in [1.54, 1.807) is 0 Å². The number of hydrogen-bond donors (Lipinski definition) is 0. The Kier molecular flexibility index (Phi) is 4.82. The minimum Gasteiger partial charge on any atom is -0.298 e. The maximum Gasteiger partial charge on any atom is 0.286 e. The Balaban J connectivity index is 1.94. The van der Waals surface area contributed by atoms with Crippen LogP contribution in [0.1, 0.15) is 30.1 Å². The van der Waals surface area contributed by atoms with Crippen LogP contribution in [0, 0.1) is 0 Å². The fourth-order valence-corrected chi connectivity index (χ4v) is 3.66. The normalized spacial score (nSPS) is 11.0. The molecule has 0 atom stereocenters. The molecular formula is C19H21N2OS+. The highest BCUT2D eigenvalue weighted by Gasteiger charge is 2.16. The van der Waals surface area contributed by atoms with E-state index < -0.39 is 0 Å². The average Bonchev–Trinajstić information content (AvgIpc) is 2.91. The van der Waals surface area contributed by atoms with E-state index in [1.807, 2.05) is 36.0 Å². The molecule has 0 bridgehead atoms. The molecule has 1 aromatic carbocycles. The lowest BCUT2D eigenvalue weighted by atomic mass is 10.1. The van der Waals surface area contributed by atoms with Gasteiger partial charge in [0.15, 0.2) is 5.69 Å². The molecule has 3 aromatic rings. The maximum absolute atomic E-state index is 10.8. The second-order valence-electron chi connectivity index (χ2n) is 5.65. The molecule has 0 fully saturated rings. The molecule has 4 heteroatoms. The standard InChI is InChI=1S/C19H21N2OS/c1-3-4-11-23-17-9-10-19-20(2)18(13-21(19)12-17)16-7-5-15(14-22)6-8-16/h5-10,12-14H,3-4,11H2,1-2H3/q+1. The summed E-state index contributed by atoms with van der Waals surface area (Å²) >= 11 is 1.91. The molecule has 0 saturated carbocycles. The number of hydrogen-bond acceptors (Lipinski definition) is 2. The molecular weight excluding hydrogens is 304 g/mol. The molecule has 0 unspecified atom stereocenters. The van der Waals surface area contributed by atoms with Gasteiger partial charge in [0.25, 0.3) is 5.65 Å². The molecule has 0 aliphatic carbocycles. The van der Waals surface area contributed by atoms with Gasteiger partial charge in [-0.25, -0.2) is 8.97 Å². The molecule has 2 heterocycles. The fraction of sp³-hybridized carbons (Fsp3) is 0.263. The minimum atomic E-state index is 0.703. The molecule has 3 rings (SSSR count). The summed E-state index contributed by atoms with van der Waals surface area (Å²) in [6, 6.07) is 12.1. The Morgan fingerprint density at radius 3 is 2.61 bits per heavy atom. The zero-order valence-corrected chi connectivity index (χ0v) is 14.3. The van der Waals surface area contributed by atoms with Crippen LogP contribution in [0.25, 0.3) is 16.9 Å². The van der Waals surface area contributed by atoms with E-state index in [2.05, 4.69) is 47.5 Å². The number of pyridine rings is 1. The molecule has 0 saturated heterocycles. The Hall–Kier alpha value is -2.07. The number of fused-ring (bicyclic) bond motifs is 1. The summed E-state index contributed by atoms with van der Waals surface area (Å²) < 4.78 is 4.35. The average molecular weight is 325 g/mol. The van der Waals surface area contributed by atoms with E-state index in [1.165, 1.54) is 17.7 Å². The van der Waals surface area contributed by atoms with Crippen LogP contribution in [0.4, 0.5) is 0 Å². The number of benzene rings is 1. The Bertz CT molecular complexity index is 821. The number of aryl methyl sites for hydroxylation is 1. The molecule has 0 radical (unpaired) electrons. The van der Waals surface area contributed by atoms with E-state index in [9.17, 15) is 4.79 Å². The highest BCUT2D eigenvalue weighted by atomic mass is 32.2. The number of carbonyl (C=O) groups is 1. The lowest BCUT2D eigenvalue weighted by Gasteiger charge is -1.99. The van der Waals surface area contributed by atoms with Crippen molar-refractivity contribution in [3.8, 4) is 11.3 Å². The zero-order chi connectivity index (χ0) is 16.2. The first-order chi connectivity index (χ1) is 11.2. The number of aromatic nitrogens is 2. The maximum atomic E-state index is 10.8. The van der Waals surface area contributed by atoms with Crippen molar-refractivity contribution in [1.29, 1.82) is 0 Å². The first kappa shape index (κ1) is 15.8. The summed E-state index contributed by atoms with van der Waals surface area (Å²) in [6.07, 6.45) is 7.69. The summed E-state index contributed by atoms with van der Waals surface area (Å²) in [6.45, 7) is 2.22. The van der Waals surface area contributed by atoms with Gasteiger partial charge in [0.2, 0.25) is 0 Å². The number of unbranched alkanes of at least 4 members (excludes halogenated alkanes) is 1. The Morgan fingerprint density at radius 2 is 1.91 bits per heavy atom. The first-order valence-corrected chi connectivity index (χ1v) is 8.90. The van der Waals surface area contributed by atoms with Crippen molar-refractivity contribution in [3.63, 3.8) is 0 Å². The Labute approximate surface area is 141 Å². The van der Waals surface area contributed by atoms with Gasteiger partial charge in [-0.15, -0.1) is 11.8 Å². The highest BCUT2D eigenvalue weighted by molar-refractivity contribution is 7.99. The van der Waals surface area contributed by atoms with Gasteiger partial charge in [-0.3, -0.25) is 4.79 Å². The van der Waals surface area contributed by atoms with Gasteiger partial charge in [-0.05, 0) is 30.4 Å². The van der Waals surface area contributed by atoms with Crippen molar-refractivity contribution in [2.24, 2.45) is 7.05 Å². The van der Waals surface area contributed by atoms with Gasteiger partial charge in [0.1, 0.15) is 18.7 Å². The lowest BCUT2D eigenvalue weighted by Crippen LogP contribution is -2.18. The molecule has 2 aromatic heterocycles. The van der Waals surface area contributed by atoms with Crippen LogP contribution in [0.2, 0.25) is 0 Å². The first-order valence-electron chi connectivity index (χ1n) is 7.92. The van der Waals surface area contributed by atoms with Gasteiger partial charge < -0.3 is 0 Å². The smallest absolute Gasteiger partial charge is 0.286 e. The van der Waals surface area contributed by atoms with Crippen LogP contribution in [0.5, 0.6) is 0 Å². The van der Waals surface area contributed by atoms with E-state index in [0.29, 0.717) is 5.56 Å². The number of rotatable bonds is 6. The second kappa shape index (κ2) is 7.01. The predicted molar refractivity (Wildman–Crippen MR) is 95.0 cm³/mol. The summed E-state index contributed by atoms with van der Waals surface area (Å²) in [5.41, 5.74) is 4.11. The summed E-state index contributed by atoms with van der Waals surface area (Å²) in [7, 11) is 2.07. The second-order valence-corrected chi connectivity index (χ2v) is 6.81. The predicted octanol–water partition coefficient (Wildman–Crippen LogP) is 4.14. The molecule has 0 spiro atoms. The summed E-state index contributed by atoms with van der Waals surface area (Å²) in [5.74, 6) is 1.16. The van der Waals surface area contributed by atoms with Crippen molar-refractivity contribution < 1.29 is 9.20 Å². The zero-order valence-electron chi connectivity index (χ0n) is 13.5. The van der Waals surface area contributed by atoms with Crippen molar-refractivity contribution in [2.45, 2.75) is 24.7 Å². The Morgan fingerprint density at radius 1 is 1.13 bits per heavy atom. The lowest BCUT2D eigenvalue weighted by molar-refractivity contribution is -0.512. The van der Waals surface area contributed by atoms with Crippen LogP contribution in [0.3, 0.4) is 0 Å². The fourth-order valence-electron chi connectivity index (χ4n) is 2.64. The molecule has 23 heavy (non-hydrogen) atoms. The molecule has 118 valence electrons. The van der Waals surface area contributed by atoms with Crippen LogP contribution < -0.4 is 4.40 Å². The number of carbonyl (C=O) groups excluding carboxylic acids is 1. The largest absolute Gasteiger partial charge is 0.298 e. The third kappa shape index (κ3) is 3.32. The SMILES string of the molecule is CCCCSc1ccc2n(C)c(-c3ccc(C=O)cc3)c[n+]2c1. The number of nitrogens with zero attached hydrogens (tertiary/aromatic N) is 2. The summed E-state index contributed by atoms with van der Waals surface area (Å²) in [4.78, 5) is 12.1. The van der Waals surface area contributed by atoms with Gasteiger partial charge in [-0.1, -0.05) is 25.5 Å². The van der Waals surface area contributed by atoms with E-state index in [4.69, 9.17) is 0 Å². The van der Waals surface area contributed by atoms with Gasteiger partial charge >= 0.3 is 0 Å². The third-order valence-corrected chi connectivity index (χ3v) is 5.07. The third-order valence-electron chi connectivity index (χ3n) is 4.00. The van der Waals surface area contributed by atoms with E-state index in [0.717, 1.165) is 28.9 Å². The highest BCUT2D eigenvalue weighted by Crippen LogP contribution is 2.22. The topological polar surface area (TPSA) is 26.1 Å². The van der Waals surface area contributed by atoms with Crippen molar-refractivity contribution in [1.82, 2.24) is 4.57 Å². The molecule has 0 N–H and O–H groups in total. The van der Waals surface area contributed by atoms with E-state index >= 15 is 0 Å². The van der Waals surface area contributed by atoms with E-state index in [-0.39, 0.29) is 0 Å². The summed E-state index contributed by atoms with van der Waals surface area (Å²) in [5, 5.41) is 0. The van der Waals surface area contributed by atoms with Crippen molar-refractivity contribution in [3.05, 3.63) is 54.4 Å². The minimum absolute atomic E-state index is 0.703. The number of aldehydes is 1. The monoisotopic (exact) mass is 325 g/mol. The van der Waals surface area contributed by atoms with Gasteiger partial charge in [0, 0.05) is 22.1 Å². The quantitative estimate of drug-likeness (QED) is 0.295. The van der Waals surface area contributed by atoms with Crippen molar-refractivity contribution in [2.75, 3.05) is 5.75 Å². The van der Waals surface area contributed by atoms with Crippen molar-refractivity contribution >= 4 is 23.7 Å². The number of imidazole rings is 1. The number of thioether (sulfide) groups is 1. The van der Waals surface area contributed by atoms with Gasteiger partial charge in [-0.2, -0.15) is 0 Å².